The molecular weight excluding hydrogens is 257 g/mol. The van der Waals surface area contributed by atoms with Crippen LogP contribution in [0.5, 0.6) is 0 Å². The average Bonchev–Trinajstić information content (AvgIpc) is 2.20. The number of benzene rings is 1. The van der Waals surface area contributed by atoms with Gasteiger partial charge in [0.05, 0.1) is 5.56 Å². The Kier molecular flexibility index (Phi) is 3.03. The van der Waals surface area contributed by atoms with Gasteiger partial charge in [0.1, 0.15) is 10.3 Å². The summed E-state index contributed by atoms with van der Waals surface area (Å²) in [5.41, 5.74) is -0.0793. The summed E-state index contributed by atoms with van der Waals surface area (Å²) < 4.78 is 26.4. The topological polar surface area (TPSA) is 25.8 Å². The van der Waals surface area contributed by atoms with Crippen LogP contribution in [0, 0.1) is 11.6 Å². The van der Waals surface area contributed by atoms with E-state index >= 15 is 0 Å². The Balaban J connectivity index is 2.63. The van der Waals surface area contributed by atoms with Crippen molar-refractivity contribution in [2.24, 2.45) is 0 Å². The predicted molar refractivity (Wildman–Crippen MR) is 57.4 cm³/mol. The molecule has 2 rings (SSSR count). The van der Waals surface area contributed by atoms with Crippen LogP contribution in [-0.4, -0.2) is 9.97 Å². The molecule has 1 aromatic heterocycles. The molecule has 0 fully saturated rings. The van der Waals surface area contributed by atoms with E-state index in [0.717, 1.165) is 6.07 Å². The first-order valence-electron chi connectivity index (χ1n) is 4.22. The van der Waals surface area contributed by atoms with Gasteiger partial charge >= 0.3 is 0 Å². The quantitative estimate of drug-likeness (QED) is 0.731. The highest BCUT2D eigenvalue weighted by Crippen LogP contribution is 2.24. The zero-order chi connectivity index (χ0) is 11.7. The zero-order valence-corrected chi connectivity index (χ0v) is 9.23. The number of hydrogen-bond acceptors (Lipinski definition) is 2. The molecule has 0 aliphatic heterocycles. The standard InChI is InChI=1S/C10H4Cl2F2N2/c11-7-4-8(12)16-10(15-7)5-2-1-3-6(13)9(5)14/h1-4H. The Morgan fingerprint density at radius 3 is 2.25 bits per heavy atom. The van der Waals surface area contributed by atoms with E-state index in [1.54, 1.807) is 0 Å². The van der Waals surface area contributed by atoms with Gasteiger partial charge in [-0.3, -0.25) is 0 Å². The molecule has 0 spiro atoms. The molecule has 2 nitrogen and oxygen atoms in total. The number of hydrogen-bond donors (Lipinski definition) is 0. The lowest BCUT2D eigenvalue weighted by atomic mass is 10.2. The Hall–Kier alpha value is -1.26. The molecule has 0 saturated heterocycles. The smallest absolute Gasteiger partial charge is 0.169 e. The lowest BCUT2D eigenvalue weighted by Crippen LogP contribution is -1.95. The zero-order valence-electron chi connectivity index (χ0n) is 7.72. The molecule has 0 saturated carbocycles. The molecule has 0 aliphatic carbocycles. The van der Waals surface area contributed by atoms with Gasteiger partial charge in [-0.25, -0.2) is 18.7 Å². The second kappa shape index (κ2) is 4.31. The van der Waals surface area contributed by atoms with Gasteiger partial charge in [0.15, 0.2) is 17.5 Å². The van der Waals surface area contributed by atoms with E-state index in [9.17, 15) is 8.78 Å². The van der Waals surface area contributed by atoms with E-state index in [1.807, 2.05) is 0 Å². The monoisotopic (exact) mass is 260 g/mol. The molecule has 0 radical (unpaired) electrons. The lowest BCUT2D eigenvalue weighted by Gasteiger charge is -2.03. The Morgan fingerprint density at radius 2 is 1.62 bits per heavy atom. The summed E-state index contributed by atoms with van der Waals surface area (Å²) in [5.74, 6) is -2.05. The van der Waals surface area contributed by atoms with Crippen LogP contribution in [0.4, 0.5) is 8.78 Å². The molecule has 82 valence electrons. The van der Waals surface area contributed by atoms with Gasteiger partial charge in [0.25, 0.3) is 0 Å². The van der Waals surface area contributed by atoms with Crippen LogP contribution in [0.25, 0.3) is 11.4 Å². The SMILES string of the molecule is Fc1cccc(-c2nc(Cl)cc(Cl)n2)c1F. The Morgan fingerprint density at radius 1 is 1.00 bits per heavy atom. The summed E-state index contributed by atoms with van der Waals surface area (Å²) in [6.07, 6.45) is 0. The molecule has 0 bridgehead atoms. The second-order valence-corrected chi connectivity index (χ2v) is 3.71. The van der Waals surface area contributed by atoms with Crippen LogP contribution in [0.15, 0.2) is 24.3 Å². The van der Waals surface area contributed by atoms with E-state index in [2.05, 4.69) is 9.97 Å². The molecule has 16 heavy (non-hydrogen) atoms. The van der Waals surface area contributed by atoms with Gasteiger partial charge < -0.3 is 0 Å². The maximum Gasteiger partial charge on any atom is 0.169 e. The van der Waals surface area contributed by atoms with Crippen LogP contribution >= 0.6 is 23.2 Å². The third-order valence-electron chi connectivity index (χ3n) is 1.86. The van der Waals surface area contributed by atoms with E-state index in [1.165, 1.54) is 18.2 Å². The summed E-state index contributed by atoms with van der Waals surface area (Å²) in [7, 11) is 0. The number of rotatable bonds is 1. The summed E-state index contributed by atoms with van der Waals surface area (Å²) in [4.78, 5) is 7.54. The molecule has 2 aromatic rings. The summed E-state index contributed by atoms with van der Waals surface area (Å²) in [6, 6.07) is 5.02. The number of aromatic nitrogens is 2. The fraction of sp³-hybridized carbons (Fsp3) is 0. The Labute approximate surface area is 99.9 Å². The van der Waals surface area contributed by atoms with Crippen molar-refractivity contribution >= 4 is 23.2 Å². The maximum atomic E-state index is 13.4. The molecule has 0 unspecified atom stereocenters. The molecule has 1 heterocycles. The second-order valence-electron chi connectivity index (χ2n) is 2.94. The van der Waals surface area contributed by atoms with Crippen LogP contribution in [0.1, 0.15) is 0 Å². The van der Waals surface area contributed by atoms with Gasteiger partial charge in [-0.2, -0.15) is 0 Å². The van der Waals surface area contributed by atoms with Crippen molar-refractivity contribution in [3.05, 3.63) is 46.2 Å². The molecule has 0 amide bonds. The number of halogens is 4. The molecule has 0 atom stereocenters. The van der Waals surface area contributed by atoms with E-state index < -0.39 is 11.6 Å². The van der Waals surface area contributed by atoms with Crippen LogP contribution < -0.4 is 0 Å². The van der Waals surface area contributed by atoms with Crippen molar-refractivity contribution in [1.82, 2.24) is 9.97 Å². The normalized spacial score (nSPS) is 10.5. The van der Waals surface area contributed by atoms with E-state index in [0.29, 0.717) is 0 Å². The first-order chi connectivity index (χ1) is 7.58. The minimum absolute atomic E-state index is 0.0468. The van der Waals surface area contributed by atoms with E-state index in [4.69, 9.17) is 23.2 Å². The fourth-order valence-corrected chi connectivity index (χ4v) is 1.61. The van der Waals surface area contributed by atoms with Gasteiger partial charge in [-0.15, -0.1) is 0 Å². The molecular formula is C10H4Cl2F2N2. The van der Waals surface area contributed by atoms with Crippen molar-refractivity contribution in [3.8, 4) is 11.4 Å². The minimum Gasteiger partial charge on any atom is -0.216 e. The van der Waals surface area contributed by atoms with E-state index in [-0.39, 0.29) is 21.7 Å². The Bertz CT molecular complexity index is 526. The van der Waals surface area contributed by atoms with Crippen LogP contribution in [0.3, 0.4) is 0 Å². The first-order valence-corrected chi connectivity index (χ1v) is 4.98. The van der Waals surface area contributed by atoms with Crippen molar-refractivity contribution in [1.29, 1.82) is 0 Å². The highest BCUT2D eigenvalue weighted by Gasteiger charge is 2.13. The molecule has 1 aromatic carbocycles. The van der Waals surface area contributed by atoms with Crippen molar-refractivity contribution in [3.63, 3.8) is 0 Å². The fourth-order valence-electron chi connectivity index (χ4n) is 1.19. The highest BCUT2D eigenvalue weighted by molar-refractivity contribution is 6.33. The average molecular weight is 261 g/mol. The predicted octanol–water partition coefficient (Wildman–Crippen LogP) is 3.73. The van der Waals surface area contributed by atoms with Crippen LogP contribution in [0.2, 0.25) is 10.3 Å². The van der Waals surface area contributed by atoms with Crippen molar-refractivity contribution in [2.75, 3.05) is 0 Å². The van der Waals surface area contributed by atoms with Crippen LogP contribution in [-0.2, 0) is 0 Å². The highest BCUT2D eigenvalue weighted by atomic mass is 35.5. The largest absolute Gasteiger partial charge is 0.216 e. The van der Waals surface area contributed by atoms with Gasteiger partial charge in [0.2, 0.25) is 0 Å². The third kappa shape index (κ3) is 2.13. The first kappa shape index (κ1) is 11.2. The number of nitrogens with zero attached hydrogens (tertiary/aromatic N) is 2. The summed E-state index contributed by atoms with van der Waals surface area (Å²) >= 11 is 11.3. The minimum atomic E-state index is -1.03. The van der Waals surface area contributed by atoms with Gasteiger partial charge in [0, 0.05) is 6.07 Å². The lowest BCUT2D eigenvalue weighted by molar-refractivity contribution is 0.510. The summed E-state index contributed by atoms with van der Waals surface area (Å²) in [6.45, 7) is 0. The molecule has 6 heteroatoms. The third-order valence-corrected chi connectivity index (χ3v) is 2.24. The maximum absolute atomic E-state index is 13.4. The van der Waals surface area contributed by atoms with Crippen molar-refractivity contribution < 1.29 is 8.78 Å². The molecule has 0 N–H and O–H groups in total. The van der Waals surface area contributed by atoms with Gasteiger partial charge in [-0.05, 0) is 12.1 Å². The molecule has 0 aliphatic rings. The van der Waals surface area contributed by atoms with Crippen molar-refractivity contribution in [2.45, 2.75) is 0 Å². The summed E-state index contributed by atoms with van der Waals surface area (Å²) in [5, 5.41) is 0.136. The van der Waals surface area contributed by atoms with Gasteiger partial charge in [-0.1, -0.05) is 29.3 Å².